The van der Waals surface area contributed by atoms with Crippen LogP contribution in [0.15, 0.2) is 30.5 Å². The van der Waals surface area contributed by atoms with Gasteiger partial charge in [-0.2, -0.15) is 0 Å². The zero-order valence-corrected chi connectivity index (χ0v) is 13.6. The summed E-state index contributed by atoms with van der Waals surface area (Å²) in [4.78, 5) is 6.37. The molecular formula is C17H25N4+. The summed E-state index contributed by atoms with van der Waals surface area (Å²) in [5.41, 5.74) is 3.73. The number of quaternary nitrogens is 1. The molecule has 0 fully saturated rings. The molecular weight excluding hydrogens is 260 g/mol. The first-order valence-electron chi connectivity index (χ1n) is 7.64. The van der Waals surface area contributed by atoms with E-state index in [9.17, 15) is 0 Å². The molecule has 0 amide bonds. The molecule has 3 rings (SSSR count). The summed E-state index contributed by atoms with van der Waals surface area (Å²) in [6.07, 6.45) is 2.19. The molecule has 0 spiro atoms. The first-order valence-corrected chi connectivity index (χ1v) is 7.64. The van der Waals surface area contributed by atoms with Gasteiger partial charge in [0, 0.05) is 11.6 Å². The van der Waals surface area contributed by atoms with Crippen LogP contribution in [0.3, 0.4) is 0 Å². The lowest BCUT2D eigenvalue weighted by Gasteiger charge is -2.14. The number of hydrogen-bond donors (Lipinski definition) is 1. The lowest BCUT2D eigenvalue weighted by atomic mass is 9.93. The Labute approximate surface area is 126 Å². The molecule has 0 aliphatic rings. The zero-order chi connectivity index (χ0) is 15.2. The molecule has 0 unspecified atom stereocenters. The van der Waals surface area contributed by atoms with Gasteiger partial charge in [-0.15, -0.1) is 0 Å². The fourth-order valence-corrected chi connectivity index (χ4v) is 2.66. The molecule has 0 saturated carbocycles. The lowest BCUT2D eigenvalue weighted by Crippen LogP contribution is -3.06. The van der Waals surface area contributed by atoms with Gasteiger partial charge in [0.05, 0.1) is 43.9 Å². The van der Waals surface area contributed by atoms with Crippen LogP contribution in [0.5, 0.6) is 0 Å². The van der Waals surface area contributed by atoms with Gasteiger partial charge in [0.1, 0.15) is 0 Å². The van der Waals surface area contributed by atoms with Crippen LogP contribution in [0, 0.1) is 0 Å². The first-order chi connectivity index (χ1) is 9.88. The quantitative estimate of drug-likeness (QED) is 0.779. The van der Waals surface area contributed by atoms with E-state index in [0.717, 1.165) is 24.6 Å². The molecule has 0 bridgehead atoms. The smallest absolute Gasteiger partial charge is 0.215 e. The molecule has 4 nitrogen and oxygen atoms in total. The zero-order valence-electron chi connectivity index (χ0n) is 13.6. The number of rotatable bonds is 3. The van der Waals surface area contributed by atoms with Crippen LogP contribution >= 0.6 is 0 Å². The van der Waals surface area contributed by atoms with Crippen molar-refractivity contribution in [1.29, 1.82) is 0 Å². The monoisotopic (exact) mass is 285 g/mol. The minimum Gasteiger partial charge on any atom is -0.338 e. The Hall–Kier alpha value is -1.81. The van der Waals surface area contributed by atoms with Crippen molar-refractivity contribution in [2.24, 2.45) is 0 Å². The van der Waals surface area contributed by atoms with Crippen molar-refractivity contribution < 1.29 is 4.90 Å². The maximum Gasteiger partial charge on any atom is 0.215 e. The summed E-state index contributed by atoms with van der Waals surface area (Å²) in [5, 5.41) is 0. The fraction of sp³-hybridized carbons (Fsp3) is 0.471. The molecule has 0 aliphatic carbocycles. The highest BCUT2D eigenvalue weighted by atomic mass is 15.2. The second kappa shape index (κ2) is 4.88. The maximum atomic E-state index is 4.92. The Morgan fingerprint density at radius 2 is 1.76 bits per heavy atom. The highest BCUT2D eigenvalue weighted by Crippen LogP contribution is 2.26. The van der Waals surface area contributed by atoms with E-state index in [1.807, 2.05) is 0 Å². The largest absolute Gasteiger partial charge is 0.338 e. The van der Waals surface area contributed by atoms with Gasteiger partial charge >= 0.3 is 0 Å². The number of para-hydroxylation sites is 2. The van der Waals surface area contributed by atoms with Crippen LogP contribution < -0.4 is 4.90 Å². The Balaban J connectivity index is 2.22. The summed E-state index contributed by atoms with van der Waals surface area (Å²) < 4.78 is 4.58. The van der Waals surface area contributed by atoms with Crippen LogP contribution in [0.1, 0.15) is 26.5 Å². The van der Waals surface area contributed by atoms with E-state index in [0.29, 0.717) is 0 Å². The van der Waals surface area contributed by atoms with Gasteiger partial charge in [-0.05, 0) is 12.1 Å². The van der Waals surface area contributed by atoms with Crippen molar-refractivity contribution in [2.75, 3.05) is 20.6 Å². The average molecular weight is 285 g/mol. The standard InChI is InChI=1S/C17H24N4/c1-17(2,3)15-12-21-14-9-7-6-8-13(14)20(16(21)18-15)11-10-19(4)5/h6-9,12H,10-11H2,1-5H3/p+1. The van der Waals surface area contributed by atoms with Gasteiger partial charge in [-0.1, -0.05) is 32.9 Å². The first kappa shape index (κ1) is 14.1. The minimum atomic E-state index is 0.0742. The third-order valence-corrected chi connectivity index (χ3v) is 3.96. The number of hydrogen-bond acceptors (Lipinski definition) is 1. The van der Waals surface area contributed by atoms with Crippen molar-refractivity contribution in [3.63, 3.8) is 0 Å². The molecule has 4 heteroatoms. The highest BCUT2D eigenvalue weighted by molar-refractivity contribution is 5.81. The van der Waals surface area contributed by atoms with Crippen molar-refractivity contribution in [2.45, 2.75) is 32.7 Å². The Morgan fingerprint density at radius 1 is 1.10 bits per heavy atom. The van der Waals surface area contributed by atoms with E-state index >= 15 is 0 Å². The predicted molar refractivity (Wildman–Crippen MR) is 87.1 cm³/mol. The summed E-state index contributed by atoms with van der Waals surface area (Å²) >= 11 is 0. The van der Waals surface area contributed by atoms with Crippen molar-refractivity contribution >= 4 is 16.8 Å². The summed E-state index contributed by atoms with van der Waals surface area (Å²) in [6, 6.07) is 8.56. The number of nitrogens with one attached hydrogen (secondary N) is 1. The third kappa shape index (κ3) is 2.44. The van der Waals surface area contributed by atoms with Crippen LogP contribution in [-0.2, 0) is 12.0 Å². The maximum absolute atomic E-state index is 4.92. The molecule has 112 valence electrons. The SMILES string of the molecule is C[NH+](C)CCn1c2ccccc2n2cc(C(C)(C)C)nc12. The lowest BCUT2D eigenvalue weighted by molar-refractivity contribution is -0.858. The number of likely N-dealkylation sites (N-methyl/N-ethyl adjacent to an activating group) is 1. The number of nitrogens with zero attached hydrogens (tertiary/aromatic N) is 3. The van der Waals surface area contributed by atoms with Gasteiger partial charge in [-0.3, -0.25) is 4.40 Å². The van der Waals surface area contributed by atoms with Crippen LogP contribution in [-0.4, -0.2) is 34.6 Å². The van der Waals surface area contributed by atoms with Gasteiger partial charge in [0.15, 0.2) is 0 Å². The summed E-state index contributed by atoms with van der Waals surface area (Å²) in [7, 11) is 4.38. The molecule has 2 heterocycles. The Bertz CT molecular complexity index is 771. The van der Waals surface area contributed by atoms with Crippen LogP contribution in [0.2, 0.25) is 0 Å². The highest BCUT2D eigenvalue weighted by Gasteiger charge is 2.21. The van der Waals surface area contributed by atoms with Crippen molar-refractivity contribution in [3.05, 3.63) is 36.2 Å². The van der Waals surface area contributed by atoms with Crippen LogP contribution in [0.25, 0.3) is 16.8 Å². The average Bonchev–Trinajstić information content (AvgIpc) is 2.93. The fourth-order valence-electron chi connectivity index (χ4n) is 2.66. The van der Waals surface area contributed by atoms with Crippen molar-refractivity contribution in [3.8, 4) is 0 Å². The molecule has 0 aliphatic heterocycles. The molecule has 0 saturated heterocycles. The predicted octanol–water partition coefficient (Wildman–Crippen LogP) is 1.73. The number of fused-ring (bicyclic) bond motifs is 3. The van der Waals surface area contributed by atoms with Crippen LogP contribution in [0.4, 0.5) is 0 Å². The van der Waals surface area contributed by atoms with E-state index < -0.39 is 0 Å². The Morgan fingerprint density at radius 3 is 2.38 bits per heavy atom. The molecule has 0 atom stereocenters. The Kier molecular flexibility index (Phi) is 3.29. The van der Waals surface area contributed by atoms with E-state index in [1.54, 1.807) is 0 Å². The third-order valence-electron chi connectivity index (χ3n) is 3.96. The molecule has 3 aromatic rings. The molecule has 0 radical (unpaired) electrons. The van der Waals surface area contributed by atoms with E-state index in [1.165, 1.54) is 15.9 Å². The number of aromatic nitrogens is 3. The van der Waals surface area contributed by atoms with Gasteiger partial charge in [0.25, 0.3) is 0 Å². The second-order valence-electron chi connectivity index (χ2n) is 7.14. The van der Waals surface area contributed by atoms with E-state index in [2.05, 4.69) is 74.3 Å². The molecule has 1 N–H and O–H groups in total. The van der Waals surface area contributed by atoms with Gasteiger partial charge in [0.2, 0.25) is 5.78 Å². The number of imidazole rings is 2. The van der Waals surface area contributed by atoms with E-state index in [-0.39, 0.29) is 5.41 Å². The number of benzene rings is 1. The van der Waals surface area contributed by atoms with Gasteiger partial charge < -0.3 is 9.47 Å². The molecule has 2 aromatic heterocycles. The normalized spacial score (nSPS) is 12.9. The van der Waals surface area contributed by atoms with Crippen molar-refractivity contribution in [1.82, 2.24) is 14.0 Å². The second-order valence-corrected chi connectivity index (χ2v) is 7.14. The topological polar surface area (TPSA) is 26.7 Å². The molecule has 1 aromatic carbocycles. The van der Waals surface area contributed by atoms with E-state index in [4.69, 9.17) is 4.98 Å². The molecule has 21 heavy (non-hydrogen) atoms. The minimum absolute atomic E-state index is 0.0742. The van der Waals surface area contributed by atoms with Gasteiger partial charge in [-0.25, -0.2) is 4.98 Å². The summed E-state index contributed by atoms with van der Waals surface area (Å²) in [6.45, 7) is 8.72. The summed E-state index contributed by atoms with van der Waals surface area (Å²) in [5.74, 6) is 1.06.